The van der Waals surface area contributed by atoms with Gasteiger partial charge in [-0.25, -0.2) is 4.39 Å². The van der Waals surface area contributed by atoms with Crippen LogP contribution in [0, 0.1) is 12.7 Å². The first kappa shape index (κ1) is 17.9. The summed E-state index contributed by atoms with van der Waals surface area (Å²) in [5, 5.41) is 6.11. The number of benzene rings is 1. The van der Waals surface area contributed by atoms with Crippen LogP contribution in [-0.2, 0) is 11.3 Å². The highest BCUT2D eigenvalue weighted by atomic mass is 35.5. The predicted octanol–water partition coefficient (Wildman–Crippen LogP) is 1.47. The Morgan fingerprint density at radius 2 is 2.29 bits per heavy atom. The summed E-state index contributed by atoms with van der Waals surface area (Å²) < 4.78 is 13.4. The van der Waals surface area contributed by atoms with Crippen LogP contribution in [0.15, 0.2) is 18.2 Å². The number of likely N-dealkylation sites (N-methyl/N-ethyl adjacent to an activating group) is 1. The molecule has 2 rings (SSSR count). The van der Waals surface area contributed by atoms with Gasteiger partial charge in [-0.15, -0.1) is 12.4 Å². The summed E-state index contributed by atoms with van der Waals surface area (Å²) in [4.78, 5) is 13.9. The molecular weight excluding hydrogens is 293 g/mol. The third kappa shape index (κ3) is 5.26. The Morgan fingerprint density at radius 3 is 2.90 bits per heavy atom. The van der Waals surface area contributed by atoms with Gasteiger partial charge in [0.1, 0.15) is 5.82 Å². The zero-order chi connectivity index (χ0) is 14.5. The van der Waals surface area contributed by atoms with Gasteiger partial charge in [0.25, 0.3) is 0 Å². The maximum atomic E-state index is 13.4. The van der Waals surface area contributed by atoms with Gasteiger partial charge >= 0.3 is 0 Å². The lowest BCUT2D eigenvalue weighted by atomic mass is 10.1. The van der Waals surface area contributed by atoms with E-state index in [1.165, 1.54) is 6.07 Å². The van der Waals surface area contributed by atoms with E-state index in [4.69, 9.17) is 0 Å². The van der Waals surface area contributed by atoms with Crippen LogP contribution in [0.4, 0.5) is 4.39 Å². The molecule has 118 valence electrons. The topological polar surface area (TPSA) is 44.4 Å². The average molecular weight is 316 g/mol. The van der Waals surface area contributed by atoms with Gasteiger partial charge < -0.3 is 10.6 Å². The van der Waals surface area contributed by atoms with Crippen LogP contribution in [0.3, 0.4) is 0 Å². The van der Waals surface area contributed by atoms with Crippen LogP contribution >= 0.6 is 12.4 Å². The second kappa shape index (κ2) is 8.32. The fourth-order valence-electron chi connectivity index (χ4n) is 2.37. The molecule has 1 heterocycles. The van der Waals surface area contributed by atoms with Gasteiger partial charge in [0, 0.05) is 19.1 Å². The van der Waals surface area contributed by atoms with Crippen LogP contribution in [0.2, 0.25) is 0 Å². The van der Waals surface area contributed by atoms with Crippen LogP contribution in [-0.4, -0.2) is 43.5 Å². The van der Waals surface area contributed by atoms with Gasteiger partial charge in [-0.3, -0.25) is 9.69 Å². The number of rotatable bonds is 5. The molecule has 0 aliphatic carbocycles. The monoisotopic (exact) mass is 315 g/mol. The summed E-state index contributed by atoms with van der Waals surface area (Å²) in [7, 11) is 1.96. The molecule has 1 aromatic carbocycles. The van der Waals surface area contributed by atoms with E-state index < -0.39 is 0 Å². The summed E-state index contributed by atoms with van der Waals surface area (Å²) >= 11 is 0. The Labute approximate surface area is 131 Å². The Balaban J connectivity index is 0.00000220. The van der Waals surface area contributed by atoms with E-state index in [1.807, 2.05) is 13.1 Å². The van der Waals surface area contributed by atoms with Gasteiger partial charge in [0.05, 0.1) is 6.54 Å². The molecule has 1 fully saturated rings. The fraction of sp³-hybridized carbons (Fsp3) is 0.533. The van der Waals surface area contributed by atoms with Crippen molar-refractivity contribution < 1.29 is 9.18 Å². The number of carbonyl (C=O) groups excluding carboxylic acids is 1. The standard InChI is InChI=1S/C15H22FN3O.ClH/c1-11-3-4-12(7-14(11)16)8-18-15(20)10-19(2)13-5-6-17-9-13;/h3-4,7,13,17H,5-6,8-10H2,1-2H3,(H,18,20);1H. The molecule has 1 aliphatic heterocycles. The van der Waals surface area contributed by atoms with Gasteiger partial charge in [0.15, 0.2) is 0 Å². The van der Waals surface area contributed by atoms with Crippen molar-refractivity contribution in [2.45, 2.75) is 25.9 Å². The summed E-state index contributed by atoms with van der Waals surface area (Å²) in [5.41, 5.74) is 1.40. The predicted molar refractivity (Wildman–Crippen MR) is 84.1 cm³/mol. The fourth-order valence-corrected chi connectivity index (χ4v) is 2.37. The minimum Gasteiger partial charge on any atom is -0.351 e. The van der Waals surface area contributed by atoms with Gasteiger partial charge in [-0.1, -0.05) is 12.1 Å². The minimum atomic E-state index is -0.231. The number of nitrogens with one attached hydrogen (secondary N) is 2. The number of amides is 1. The second-order valence-corrected chi connectivity index (χ2v) is 5.42. The first-order chi connectivity index (χ1) is 9.56. The molecule has 1 aliphatic rings. The van der Waals surface area contributed by atoms with E-state index in [0.29, 0.717) is 24.7 Å². The Kier molecular flexibility index (Phi) is 7.08. The van der Waals surface area contributed by atoms with Crippen molar-refractivity contribution in [3.8, 4) is 0 Å². The molecule has 2 N–H and O–H groups in total. The highest BCUT2D eigenvalue weighted by molar-refractivity contribution is 5.85. The third-order valence-electron chi connectivity index (χ3n) is 3.78. The lowest BCUT2D eigenvalue weighted by Gasteiger charge is -2.22. The number of aryl methyl sites for hydroxylation is 1. The van der Waals surface area contributed by atoms with Crippen molar-refractivity contribution in [2.24, 2.45) is 0 Å². The largest absolute Gasteiger partial charge is 0.351 e. The van der Waals surface area contributed by atoms with E-state index in [9.17, 15) is 9.18 Å². The highest BCUT2D eigenvalue weighted by Crippen LogP contribution is 2.09. The molecular formula is C15H23ClFN3O. The number of halogens is 2. The summed E-state index contributed by atoms with van der Waals surface area (Å²) in [6, 6.07) is 5.47. The van der Waals surface area contributed by atoms with Crippen molar-refractivity contribution >= 4 is 18.3 Å². The average Bonchev–Trinajstić information content (AvgIpc) is 2.94. The number of hydrogen-bond acceptors (Lipinski definition) is 3. The maximum absolute atomic E-state index is 13.4. The van der Waals surface area contributed by atoms with Crippen molar-refractivity contribution in [3.63, 3.8) is 0 Å². The normalized spacial score (nSPS) is 17.6. The third-order valence-corrected chi connectivity index (χ3v) is 3.78. The molecule has 6 heteroatoms. The molecule has 0 spiro atoms. The molecule has 0 aromatic heterocycles. The molecule has 0 radical (unpaired) electrons. The smallest absolute Gasteiger partial charge is 0.234 e. The first-order valence-corrected chi connectivity index (χ1v) is 6.99. The first-order valence-electron chi connectivity index (χ1n) is 6.99. The van der Waals surface area contributed by atoms with Crippen LogP contribution in [0.1, 0.15) is 17.5 Å². The van der Waals surface area contributed by atoms with E-state index in [1.54, 1.807) is 13.0 Å². The lowest BCUT2D eigenvalue weighted by Crippen LogP contribution is -2.41. The summed E-state index contributed by atoms with van der Waals surface area (Å²) in [6.45, 7) is 4.42. The second-order valence-electron chi connectivity index (χ2n) is 5.42. The van der Waals surface area contributed by atoms with Gasteiger partial charge in [-0.2, -0.15) is 0 Å². The maximum Gasteiger partial charge on any atom is 0.234 e. The minimum absolute atomic E-state index is 0. The molecule has 0 saturated carbocycles. The quantitative estimate of drug-likeness (QED) is 0.865. The van der Waals surface area contributed by atoms with E-state index in [0.717, 1.165) is 25.1 Å². The SMILES string of the molecule is Cc1ccc(CNC(=O)CN(C)C2CCNC2)cc1F.Cl. The van der Waals surface area contributed by atoms with Crippen molar-refractivity contribution in [1.82, 2.24) is 15.5 Å². The number of hydrogen-bond donors (Lipinski definition) is 2. The van der Waals surface area contributed by atoms with E-state index in [2.05, 4.69) is 15.5 Å². The Bertz CT molecular complexity index is 478. The zero-order valence-corrected chi connectivity index (χ0v) is 13.3. The molecule has 0 bridgehead atoms. The molecule has 1 unspecified atom stereocenters. The van der Waals surface area contributed by atoms with Crippen LogP contribution < -0.4 is 10.6 Å². The molecule has 1 amide bonds. The van der Waals surface area contributed by atoms with E-state index >= 15 is 0 Å². The highest BCUT2D eigenvalue weighted by Gasteiger charge is 2.20. The van der Waals surface area contributed by atoms with Crippen molar-refractivity contribution in [1.29, 1.82) is 0 Å². The van der Waals surface area contributed by atoms with Crippen molar-refractivity contribution in [3.05, 3.63) is 35.1 Å². The Morgan fingerprint density at radius 1 is 1.52 bits per heavy atom. The van der Waals surface area contributed by atoms with Crippen molar-refractivity contribution in [2.75, 3.05) is 26.7 Å². The molecule has 1 atom stereocenters. The summed E-state index contributed by atoms with van der Waals surface area (Å²) in [5.74, 6) is -0.258. The number of carbonyl (C=O) groups is 1. The Hall–Kier alpha value is -1.17. The number of nitrogens with zero attached hydrogens (tertiary/aromatic N) is 1. The lowest BCUT2D eigenvalue weighted by molar-refractivity contribution is -0.122. The molecule has 1 saturated heterocycles. The van der Waals surface area contributed by atoms with Gasteiger partial charge in [0.2, 0.25) is 5.91 Å². The zero-order valence-electron chi connectivity index (χ0n) is 12.5. The summed E-state index contributed by atoms with van der Waals surface area (Å²) in [6.07, 6.45) is 1.08. The molecule has 4 nitrogen and oxygen atoms in total. The van der Waals surface area contributed by atoms with E-state index in [-0.39, 0.29) is 24.1 Å². The van der Waals surface area contributed by atoms with Gasteiger partial charge in [-0.05, 0) is 44.1 Å². The molecule has 1 aromatic rings. The molecule has 21 heavy (non-hydrogen) atoms. The van der Waals surface area contributed by atoms with Crippen LogP contribution in [0.5, 0.6) is 0 Å². The van der Waals surface area contributed by atoms with Crippen LogP contribution in [0.25, 0.3) is 0 Å².